The van der Waals surface area contributed by atoms with Crippen LogP contribution in [0.2, 0.25) is 0 Å². The highest BCUT2D eigenvalue weighted by Crippen LogP contribution is 2.26. The molecule has 190 valence electrons. The Morgan fingerprint density at radius 3 is 1.86 bits per heavy atom. The third-order valence-electron chi connectivity index (χ3n) is 6.13. The maximum atomic E-state index is 13.5. The summed E-state index contributed by atoms with van der Waals surface area (Å²) in [6, 6.07) is 34.5. The number of anilines is 1. The van der Waals surface area contributed by atoms with Gasteiger partial charge < -0.3 is 5.32 Å². The van der Waals surface area contributed by atoms with Crippen LogP contribution in [-0.4, -0.2) is 14.3 Å². The van der Waals surface area contributed by atoms with Crippen LogP contribution in [0.5, 0.6) is 0 Å². The molecule has 4 aromatic carbocycles. The topological polar surface area (TPSA) is 66.5 Å². The van der Waals surface area contributed by atoms with Crippen molar-refractivity contribution < 1.29 is 13.2 Å². The van der Waals surface area contributed by atoms with Crippen LogP contribution in [0.4, 0.5) is 5.69 Å². The predicted molar refractivity (Wildman–Crippen MR) is 149 cm³/mol. The van der Waals surface area contributed by atoms with E-state index in [2.05, 4.69) is 19.2 Å². The second-order valence-electron chi connectivity index (χ2n) is 9.42. The molecule has 4 rings (SSSR count). The van der Waals surface area contributed by atoms with Crippen molar-refractivity contribution >= 4 is 21.6 Å². The summed E-state index contributed by atoms with van der Waals surface area (Å²) in [5.74, 6) is 0.265. The molecule has 0 radical (unpaired) electrons. The van der Waals surface area contributed by atoms with Gasteiger partial charge in [0.05, 0.1) is 23.2 Å². The van der Waals surface area contributed by atoms with E-state index < -0.39 is 10.0 Å². The Labute approximate surface area is 219 Å². The molecule has 0 aromatic heterocycles. The molecule has 0 fully saturated rings. The molecular weight excluding hydrogens is 480 g/mol. The van der Waals surface area contributed by atoms with E-state index in [1.807, 2.05) is 60.7 Å². The molecule has 0 aliphatic rings. The third-order valence-corrected chi connectivity index (χ3v) is 7.92. The molecule has 0 aliphatic heterocycles. The quantitative estimate of drug-likeness (QED) is 0.260. The molecule has 5 nitrogen and oxygen atoms in total. The molecule has 0 bridgehead atoms. The van der Waals surface area contributed by atoms with Crippen LogP contribution in [0, 0.1) is 5.92 Å². The average molecular weight is 513 g/mol. The Kier molecular flexibility index (Phi) is 8.41. The first-order valence-electron chi connectivity index (χ1n) is 12.4. The van der Waals surface area contributed by atoms with Gasteiger partial charge in [-0.3, -0.25) is 9.10 Å². The minimum absolute atomic E-state index is 0.0852. The van der Waals surface area contributed by atoms with E-state index in [1.165, 1.54) is 4.31 Å². The largest absolute Gasteiger partial charge is 0.345 e. The number of para-hydroxylation sites is 1. The van der Waals surface area contributed by atoms with Crippen LogP contribution in [0.1, 0.15) is 47.8 Å². The zero-order valence-corrected chi connectivity index (χ0v) is 21.9. The molecule has 37 heavy (non-hydrogen) atoms. The summed E-state index contributed by atoms with van der Waals surface area (Å²) >= 11 is 0. The summed E-state index contributed by atoms with van der Waals surface area (Å²) in [6.45, 7) is 4.42. The smallest absolute Gasteiger partial charge is 0.264 e. The molecule has 1 amide bonds. The van der Waals surface area contributed by atoms with E-state index in [0.29, 0.717) is 17.2 Å². The highest BCUT2D eigenvalue weighted by Gasteiger charge is 2.25. The van der Waals surface area contributed by atoms with Gasteiger partial charge in [-0.25, -0.2) is 8.42 Å². The molecule has 6 heteroatoms. The zero-order chi connectivity index (χ0) is 26.3. The fourth-order valence-corrected chi connectivity index (χ4v) is 5.71. The summed E-state index contributed by atoms with van der Waals surface area (Å²) in [5, 5.41) is 3.17. The van der Waals surface area contributed by atoms with E-state index in [4.69, 9.17) is 0 Å². The van der Waals surface area contributed by atoms with Crippen LogP contribution in [0.25, 0.3) is 0 Å². The second-order valence-corrected chi connectivity index (χ2v) is 11.3. The lowest BCUT2D eigenvalue weighted by molar-refractivity contribution is 0.0932. The lowest BCUT2D eigenvalue weighted by Crippen LogP contribution is -2.31. The highest BCUT2D eigenvalue weighted by atomic mass is 32.2. The Morgan fingerprint density at radius 1 is 0.757 bits per heavy atom. The van der Waals surface area contributed by atoms with Crippen molar-refractivity contribution in [3.8, 4) is 0 Å². The second kappa shape index (κ2) is 11.9. The normalized spacial score (nSPS) is 12.2. The lowest BCUT2D eigenvalue weighted by Gasteiger charge is -2.25. The molecular formula is C31H32N2O3S. The SMILES string of the molecule is CC(C)CC(NC(=O)c1ccc(CN(c2ccccc2)S(=O)(=O)c2ccccc2)cc1)c1ccccc1. The first kappa shape index (κ1) is 26.2. The molecule has 1 atom stereocenters. The highest BCUT2D eigenvalue weighted by molar-refractivity contribution is 7.92. The summed E-state index contributed by atoms with van der Waals surface area (Å²) < 4.78 is 28.4. The van der Waals surface area contributed by atoms with E-state index in [9.17, 15) is 13.2 Å². The fraction of sp³-hybridized carbons (Fsp3) is 0.194. The van der Waals surface area contributed by atoms with Crippen LogP contribution in [0.3, 0.4) is 0 Å². The summed E-state index contributed by atoms with van der Waals surface area (Å²) in [7, 11) is -3.78. The molecule has 0 aliphatic carbocycles. The molecule has 4 aromatic rings. The van der Waals surface area contributed by atoms with Gasteiger partial charge in [-0.05, 0) is 59.9 Å². The number of rotatable bonds is 10. The first-order valence-corrected chi connectivity index (χ1v) is 13.9. The molecule has 0 heterocycles. The molecule has 0 spiro atoms. The summed E-state index contributed by atoms with van der Waals surface area (Å²) in [4.78, 5) is 13.3. The van der Waals surface area contributed by atoms with Crippen molar-refractivity contribution in [3.63, 3.8) is 0 Å². The fourth-order valence-electron chi connectivity index (χ4n) is 4.23. The van der Waals surface area contributed by atoms with Gasteiger partial charge >= 0.3 is 0 Å². The number of carbonyl (C=O) groups excluding carboxylic acids is 1. The van der Waals surface area contributed by atoms with Gasteiger partial charge in [0.25, 0.3) is 15.9 Å². The van der Waals surface area contributed by atoms with E-state index >= 15 is 0 Å². The van der Waals surface area contributed by atoms with Crippen LogP contribution in [0.15, 0.2) is 120 Å². The van der Waals surface area contributed by atoms with Gasteiger partial charge in [-0.15, -0.1) is 0 Å². The third kappa shape index (κ3) is 6.66. The van der Waals surface area contributed by atoms with Gasteiger partial charge in [-0.2, -0.15) is 0 Å². The molecule has 1 N–H and O–H groups in total. The van der Waals surface area contributed by atoms with Gasteiger partial charge in [0.15, 0.2) is 0 Å². The maximum absolute atomic E-state index is 13.5. The maximum Gasteiger partial charge on any atom is 0.264 e. The minimum Gasteiger partial charge on any atom is -0.345 e. The molecule has 1 unspecified atom stereocenters. The standard InChI is InChI=1S/C31H32N2O3S/c1-24(2)22-30(26-12-6-3-7-13-26)32-31(34)27-20-18-25(19-21-27)23-33(28-14-8-4-9-15-28)37(35,36)29-16-10-5-11-17-29/h3-21,24,30H,22-23H2,1-2H3,(H,32,34). The minimum atomic E-state index is -3.78. The monoisotopic (exact) mass is 512 g/mol. The van der Waals surface area contributed by atoms with Gasteiger partial charge in [0.1, 0.15) is 0 Å². The van der Waals surface area contributed by atoms with Crippen molar-refractivity contribution in [1.82, 2.24) is 5.32 Å². The molecule has 0 saturated carbocycles. The van der Waals surface area contributed by atoms with Gasteiger partial charge in [0.2, 0.25) is 0 Å². The predicted octanol–water partition coefficient (Wildman–Crippen LogP) is 6.60. The van der Waals surface area contributed by atoms with Gasteiger partial charge in [-0.1, -0.05) is 92.7 Å². The Balaban J connectivity index is 1.55. The van der Waals surface area contributed by atoms with Crippen LogP contribution in [-0.2, 0) is 16.6 Å². The Hall–Kier alpha value is -3.90. The number of nitrogens with zero attached hydrogens (tertiary/aromatic N) is 1. The van der Waals surface area contributed by atoms with E-state index in [0.717, 1.165) is 17.5 Å². The number of hydrogen-bond donors (Lipinski definition) is 1. The van der Waals surface area contributed by atoms with Crippen LogP contribution >= 0.6 is 0 Å². The Morgan fingerprint density at radius 2 is 1.30 bits per heavy atom. The zero-order valence-electron chi connectivity index (χ0n) is 21.1. The summed E-state index contributed by atoms with van der Waals surface area (Å²) in [5.41, 5.74) is 2.96. The first-order chi connectivity index (χ1) is 17.8. The van der Waals surface area contributed by atoms with Crippen molar-refractivity contribution in [1.29, 1.82) is 0 Å². The van der Waals surface area contributed by atoms with E-state index in [1.54, 1.807) is 54.6 Å². The van der Waals surface area contributed by atoms with Crippen molar-refractivity contribution in [2.45, 2.75) is 37.8 Å². The van der Waals surface area contributed by atoms with Crippen LogP contribution < -0.4 is 9.62 Å². The average Bonchev–Trinajstić information content (AvgIpc) is 2.93. The van der Waals surface area contributed by atoms with Crippen molar-refractivity contribution in [3.05, 3.63) is 132 Å². The van der Waals surface area contributed by atoms with E-state index in [-0.39, 0.29) is 23.4 Å². The van der Waals surface area contributed by atoms with Crippen molar-refractivity contribution in [2.24, 2.45) is 5.92 Å². The number of amides is 1. The lowest BCUT2D eigenvalue weighted by atomic mass is 9.96. The number of carbonyl (C=O) groups is 1. The number of benzene rings is 4. The van der Waals surface area contributed by atoms with Gasteiger partial charge in [0, 0.05) is 5.56 Å². The number of nitrogens with one attached hydrogen (secondary N) is 1. The number of hydrogen-bond acceptors (Lipinski definition) is 3. The van der Waals surface area contributed by atoms with Crippen molar-refractivity contribution in [2.75, 3.05) is 4.31 Å². The molecule has 0 saturated heterocycles. The Bertz CT molecular complexity index is 1390. The summed E-state index contributed by atoms with van der Waals surface area (Å²) in [6.07, 6.45) is 0.831. The number of sulfonamides is 1.